The van der Waals surface area contributed by atoms with Crippen LogP contribution in [0.3, 0.4) is 0 Å². The molecule has 1 heterocycles. The summed E-state index contributed by atoms with van der Waals surface area (Å²) in [6.45, 7) is 2.85. The molecule has 0 unspecified atom stereocenters. The SMILES string of the molecule is CN(Cc1nc(C2CC2)no1)CC(C)(CO)CO. The van der Waals surface area contributed by atoms with E-state index in [1.54, 1.807) is 0 Å². The third kappa shape index (κ3) is 3.28. The number of hydrogen-bond donors (Lipinski definition) is 2. The first kappa shape index (κ1) is 13.5. The summed E-state index contributed by atoms with van der Waals surface area (Å²) < 4.78 is 5.19. The average Bonchev–Trinajstić information content (AvgIpc) is 3.10. The maximum Gasteiger partial charge on any atom is 0.240 e. The smallest absolute Gasteiger partial charge is 0.240 e. The van der Waals surface area contributed by atoms with Gasteiger partial charge in [-0.3, -0.25) is 4.90 Å². The fourth-order valence-corrected chi connectivity index (χ4v) is 1.93. The zero-order valence-electron chi connectivity index (χ0n) is 11.0. The van der Waals surface area contributed by atoms with Gasteiger partial charge in [-0.15, -0.1) is 0 Å². The Balaban J connectivity index is 1.87. The predicted octanol–water partition coefficient (Wildman–Crippen LogP) is 0.370. The number of hydrogen-bond acceptors (Lipinski definition) is 6. The molecule has 0 amide bonds. The summed E-state index contributed by atoms with van der Waals surface area (Å²) >= 11 is 0. The Labute approximate surface area is 107 Å². The van der Waals surface area contributed by atoms with Gasteiger partial charge in [-0.2, -0.15) is 4.98 Å². The second kappa shape index (κ2) is 5.34. The molecule has 0 atom stereocenters. The Morgan fingerprint density at radius 1 is 1.39 bits per heavy atom. The second-order valence-corrected chi connectivity index (χ2v) is 5.62. The first-order chi connectivity index (χ1) is 8.56. The van der Waals surface area contributed by atoms with Crippen LogP contribution < -0.4 is 0 Å². The van der Waals surface area contributed by atoms with Crippen LogP contribution in [-0.2, 0) is 6.54 Å². The quantitative estimate of drug-likeness (QED) is 0.732. The minimum atomic E-state index is -0.506. The molecule has 2 rings (SSSR count). The predicted molar refractivity (Wildman–Crippen MR) is 64.9 cm³/mol. The van der Waals surface area contributed by atoms with E-state index in [0.29, 0.717) is 24.9 Å². The van der Waals surface area contributed by atoms with Crippen LogP contribution in [0, 0.1) is 5.41 Å². The summed E-state index contributed by atoms with van der Waals surface area (Å²) in [6.07, 6.45) is 2.31. The van der Waals surface area contributed by atoms with Crippen molar-refractivity contribution in [1.82, 2.24) is 15.0 Å². The van der Waals surface area contributed by atoms with Crippen LogP contribution in [0.4, 0.5) is 0 Å². The number of aromatic nitrogens is 2. The summed E-state index contributed by atoms with van der Waals surface area (Å²) in [5.41, 5.74) is -0.506. The van der Waals surface area contributed by atoms with E-state index in [9.17, 15) is 10.2 Å². The molecule has 0 saturated heterocycles. The zero-order valence-corrected chi connectivity index (χ0v) is 11.0. The van der Waals surface area contributed by atoms with E-state index < -0.39 is 5.41 Å². The van der Waals surface area contributed by atoms with Crippen molar-refractivity contribution in [3.63, 3.8) is 0 Å². The maximum atomic E-state index is 9.25. The molecule has 18 heavy (non-hydrogen) atoms. The van der Waals surface area contributed by atoms with Gasteiger partial charge in [-0.1, -0.05) is 12.1 Å². The Kier molecular flexibility index (Phi) is 3.99. The van der Waals surface area contributed by atoms with Crippen molar-refractivity contribution in [2.24, 2.45) is 5.41 Å². The van der Waals surface area contributed by atoms with Crippen molar-refractivity contribution in [3.8, 4) is 0 Å². The van der Waals surface area contributed by atoms with E-state index in [1.807, 2.05) is 18.9 Å². The fraction of sp³-hybridized carbons (Fsp3) is 0.833. The maximum absolute atomic E-state index is 9.25. The molecule has 1 aliphatic rings. The molecule has 0 aliphatic heterocycles. The minimum absolute atomic E-state index is 0.0506. The lowest BCUT2D eigenvalue weighted by atomic mass is 9.92. The van der Waals surface area contributed by atoms with E-state index in [-0.39, 0.29) is 13.2 Å². The molecule has 0 spiro atoms. The summed E-state index contributed by atoms with van der Waals surface area (Å²) in [6, 6.07) is 0. The average molecular weight is 255 g/mol. The van der Waals surface area contributed by atoms with Gasteiger partial charge >= 0.3 is 0 Å². The van der Waals surface area contributed by atoms with Crippen molar-refractivity contribution < 1.29 is 14.7 Å². The van der Waals surface area contributed by atoms with Crippen LogP contribution in [0.15, 0.2) is 4.52 Å². The first-order valence-electron chi connectivity index (χ1n) is 6.29. The Morgan fingerprint density at radius 3 is 2.61 bits per heavy atom. The van der Waals surface area contributed by atoms with Gasteiger partial charge in [0, 0.05) is 17.9 Å². The van der Waals surface area contributed by atoms with Crippen LogP contribution in [0.5, 0.6) is 0 Å². The van der Waals surface area contributed by atoms with Crippen LogP contribution in [-0.4, -0.2) is 52.1 Å². The van der Waals surface area contributed by atoms with Crippen molar-refractivity contribution in [2.75, 3.05) is 26.8 Å². The normalized spacial score (nSPS) is 16.5. The summed E-state index contributed by atoms with van der Waals surface area (Å²) in [5.74, 6) is 1.90. The van der Waals surface area contributed by atoms with E-state index in [2.05, 4.69) is 10.1 Å². The number of rotatable bonds is 7. The summed E-state index contributed by atoms with van der Waals surface area (Å²) in [7, 11) is 1.91. The summed E-state index contributed by atoms with van der Waals surface area (Å²) in [4.78, 5) is 6.32. The van der Waals surface area contributed by atoms with Gasteiger partial charge in [-0.25, -0.2) is 0 Å². The van der Waals surface area contributed by atoms with Crippen LogP contribution >= 0.6 is 0 Å². The van der Waals surface area contributed by atoms with Gasteiger partial charge < -0.3 is 14.7 Å². The molecule has 1 aromatic heterocycles. The lowest BCUT2D eigenvalue weighted by Gasteiger charge is -2.29. The highest BCUT2D eigenvalue weighted by molar-refractivity contribution is 5.03. The Morgan fingerprint density at radius 2 is 2.06 bits per heavy atom. The highest BCUT2D eigenvalue weighted by Crippen LogP contribution is 2.38. The van der Waals surface area contributed by atoms with E-state index in [1.165, 1.54) is 0 Å². The highest BCUT2D eigenvalue weighted by Gasteiger charge is 2.29. The topological polar surface area (TPSA) is 82.6 Å². The standard InChI is InChI=1S/C12H21N3O3/c1-12(7-16,8-17)6-15(2)5-10-13-11(14-18-10)9-3-4-9/h9,16-17H,3-8H2,1-2H3. The van der Waals surface area contributed by atoms with Crippen molar-refractivity contribution in [2.45, 2.75) is 32.2 Å². The van der Waals surface area contributed by atoms with Gasteiger partial charge in [0.25, 0.3) is 0 Å². The van der Waals surface area contributed by atoms with Crippen molar-refractivity contribution >= 4 is 0 Å². The van der Waals surface area contributed by atoms with Gasteiger partial charge in [0.1, 0.15) is 0 Å². The van der Waals surface area contributed by atoms with Crippen molar-refractivity contribution in [1.29, 1.82) is 0 Å². The van der Waals surface area contributed by atoms with Gasteiger partial charge in [-0.05, 0) is 19.9 Å². The molecule has 1 fully saturated rings. The monoisotopic (exact) mass is 255 g/mol. The lowest BCUT2D eigenvalue weighted by Crippen LogP contribution is -2.38. The summed E-state index contributed by atoms with van der Waals surface area (Å²) in [5, 5.41) is 22.5. The molecule has 6 nitrogen and oxygen atoms in total. The van der Waals surface area contributed by atoms with Crippen LogP contribution in [0.1, 0.15) is 37.4 Å². The molecule has 1 aromatic rings. The largest absolute Gasteiger partial charge is 0.396 e. The number of aliphatic hydroxyl groups is 2. The lowest BCUT2D eigenvalue weighted by molar-refractivity contribution is 0.0378. The number of nitrogens with zero attached hydrogens (tertiary/aromatic N) is 3. The molecule has 1 saturated carbocycles. The molecular formula is C12H21N3O3. The number of aliphatic hydroxyl groups excluding tert-OH is 2. The fourth-order valence-electron chi connectivity index (χ4n) is 1.93. The molecule has 0 aromatic carbocycles. The molecule has 2 N–H and O–H groups in total. The van der Waals surface area contributed by atoms with Gasteiger partial charge in [0.2, 0.25) is 5.89 Å². The van der Waals surface area contributed by atoms with E-state index in [0.717, 1.165) is 18.7 Å². The van der Waals surface area contributed by atoms with E-state index in [4.69, 9.17) is 4.52 Å². The highest BCUT2D eigenvalue weighted by atomic mass is 16.5. The molecular weight excluding hydrogens is 234 g/mol. The minimum Gasteiger partial charge on any atom is -0.396 e. The zero-order chi connectivity index (χ0) is 13.2. The van der Waals surface area contributed by atoms with Gasteiger partial charge in [0.05, 0.1) is 19.8 Å². The third-order valence-corrected chi connectivity index (χ3v) is 3.25. The Bertz CT molecular complexity index is 386. The molecule has 0 radical (unpaired) electrons. The molecule has 0 bridgehead atoms. The molecule has 1 aliphatic carbocycles. The molecule has 102 valence electrons. The van der Waals surface area contributed by atoms with Crippen LogP contribution in [0.2, 0.25) is 0 Å². The molecule has 6 heteroatoms. The second-order valence-electron chi connectivity index (χ2n) is 5.62. The third-order valence-electron chi connectivity index (χ3n) is 3.25. The van der Waals surface area contributed by atoms with Crippen molar-refractivity contribution in [3.05, 3.63) is 11.7 Å². The van der Waals surface area contributed by atoms with Crippen LogP contribution in [0.25, 0.3) is 0 Å². The van der Waals surface area contributed by atoms with Gasteiger partial charge in [0.15, 0.2) is 5.82 Å². The Hall–Kier alpha value is -0.980. The van der Waals surface area contributed by atoms with E-state index >= 15 is 0 Å². The first-order valence-corrected chi connectivity index (χ1v) is 6.29.